The molecule has 1 saturated heterocycles. The van der Waals surface area contributed by atoms with Crippen LogP contribution in [0.4, 0.5) is 0 Å². The second-order valence-electron chi connectivity index (χ2n) is 5.31. The summed E-state index contributed by atoms with van der Waals surface area (Å²) >= 11 is 0. The van der Waals surface area contributed by atoms with Crippen molar-refractivity contribution in [2.24, 2.45) is 0 Å². The quantitative estimate of drug-likeness (QED) is 0.560. The molecule has 0 aromatic heterocycles. The predicted molar refractivity (Wildman–Crippen MR) is 82.3 cm³/mol. The fourth-order valence-corrected chi connectivity index (χ4v) is 3.42. The minimum Gasteiger partial charge on any atom is -0.344 e. The average Bonchev–Trinajstić information content (AvgIpc) is 2.51. The minimum absolute atomic E-state index is 0.0629. The lowest BCUT2D eigenvalue weighted by atomic mass is 10.1. The molecular formula is C14H19N3O5S. The molecule has 1 atom stereocenters. The maximum Gasteiger partial charge on any atom is 0.249 e. The molecule has 0 bridgehead atoms. The van der Waals surface area contributed by atoms with Gasteiger partial charge in [0.05, 0.1) is 4.91 Å². The summed E-state index contributed by atoms with van der Waals surface area (Å²) in [4.78, 5) is 34.5. The molecule has 1 aliphatic heterocycles. The second kappa shape index (κ2) is 7.51. The van der Waals surface area contributed by atoms with Crippen molar-refractivity contribution in [2.45, 2.75) is 38.1 Å². The van der Waals surface area contributed by atoms with Crippen molar-refractivity contribution in [2.75, 3.05) is 6.54 Å². The summed E-state index contributed by atoms with van der Waals surface area (Å²) < 4.78 is 26.3. The van der Waals surface area contributed by atoms with Crippen molar-refractivity contribution in [3.05, 3.63) is 23.1 Å². The van der Waals surface area contributed by atoms with Gasteiger partial charge in [-0.1, -0.05) is 12.2 Å². The van der Waals surface area contributed by atoms with E-state index in [2.05, 4.69) is 15.4 Å². The van der Waals surface area contributed by atoms with Crippen LogP contribution in [0.1, 0.15) is 32.1 Å². The monoisotopic (exact) mass is 341 g/mol. The highest BCUT2D eigenvalue weighted by molar-refractivity contribution is 7.93. The summed E-state index contributed by atoms with van der Waals surface area (Å²) in [5, 5.41) is 4.63. The minimum atomic E-state index is -3.61. The zero-order valence-electron chi connectivity index (χ0n) is 12.5. The van der Waals surface area contributed by atoms with Crippen LogP contribution in [0.5, 0.6) is 0 Å². The topological polar surface area (TPSA) is 121 Å². The number of rotatable bonds is 6. The van der Waals surface area contributed by atoms with Crippen LogP contribution in [0.15, 0.2) is 23.1 Å². The fourth-order valence-electron chi connectivity index (χ4n) is 2.27. The van der Waals surface area contributed by atoms with Crippen LogP contribution < -0.4 is 15.4 Å². The first-order valence-corrected chi connectivity index (χ1v) is 8.86. The Morgan fingerprint density at radius 1 is 1.30 bits per heavy atom. The molecule has 23 heavy (non-hydrogen) atoms. The highest BCUT2D eigenvalue weighted by Gasteiger charge is 2.27. The van der Waals surface area contributed by atoms with Crippen LogP contribution in [-0.4, -0.2) is 38.7 Å². The van der Waals surface area contributed by atoms with E-state index in [9.17, 15) is 22.8 Å². The Morgan fingerprint density at radius 2 is 2.09 bits per heavy atom. The van der Waals surface area contributed by atoms with Crippen LogP contribution >= 0.6 is 0 Å². The normalized spacial score (nSPS) is 21.6. The molecule has 8 nitrogen and oxygen atoms in total. The molecule has 1 aliphatic carbocycles. The molecule has 0 radical (unpaired) electrons. The van der Waals surface area contributed by atoms with Gasteiger partial charge in [-0.25, -0.2) is 13.1 Å². The maximum atomic E-state index is 12.0. The lowest BCUT2D eigenvalue weighted by Gasteiger charge is -2.21. The zero-order valence-corrected chi connectivity index (χ0v) is 13.3. The Balaban J connectivity index is 1.76. The number of hydrogen-bond donors (Lipinski definition) is 3. The third kappa shape index (κ3) is 5.00. The van der Waals surface area contributed by atoms with E-state index in [4.69, 9.17) is 0 Å². The highest BCUT2D eigenvalue weighted by Crippen LogP contribution is 2.14. The molecule has 2 aliphatic rings. The Labute approximate surface area is 134 Å². The van der Waals surface area contributed by atoms with E-state index >= 15 is 0 Å². The molecule has 2 rings (SSSR count). The van der Waals surface area contributed by atoms with Crippen LogP contribution in [0, 0.1) is 0 Å². The van der Waals surface area contributed by atoms with Gasteiger partial charge < -0.3 is 5.32 Å². The van der Waals surface area contributed by atoms with Gasteiger partial charge >= 0.3 is 0 Å². The molecular weight excluding hydrogens is 322 g/mol. The summed E-state index contributed by atoms with van der Waals surface area (Å²) in [6.45, 7) is -0.0629. The number of amides is 3. The third-order valence-corrected chi connectivity index (χ3v) is 5.00. The molecule has 1 unspecified atom stereocenters. The predicted octanol–water partition coefficient (Wildman–Crippen LogP) is -0.549. The van der Waals surface area contributed by atoms with Crippen LogP contribution in [0.3, 0.4) is 0 Å². The first-order chi connectivity index (χ1) is 10.9. The Kier molecular flexibility index (Phi) is 5.67. The molecule has 3 amide bonds. The molecule has 0 spiro atoms. The van der Waals surface area contributed by atoms with Crippen LogP contribution in [-0.2, 0) is 24.4 Å². The standard InChI is InChI=1S/C14H19N3O5S/c18-12-7-6-11(14(20)17-12)16-13(19)8-9-15-23(21,22)10-4-2-1-3-5-10/h2,4-5,11,15H,1,3,6-9H2,(H,16,19)(H,17,18,20). The second-order valence-corrected chi connectivity index (χ2v) is 7.07. The molecule has 1 fully saturated rings. The number of carbonyl (C=O) groups is 3. The fraction of sp³-hybridized carbons (Fsp3) is 0.500. The van der Waals surface area contributed by atoms with Crippen molar-refractivity contribution in [3.63, 3.8) is 0 Å². The van der Waals surface area contributed by atoms with E-state index in [1.165, 1.54) is 6.08 Å². The summed E-state index contributed by atoms with van der Waals surface area (Å²) in [5.41, 5.74) is 0. The molecule has 0 aromatic carbocycles. The number of piperidine rings is 1. The number of allylic oxidation sites excluding steroid dienone is 3. The summed E-state index contributed by atoms with van der Waals surface area (Å²) in [6, 6.07) is -0.749. The highest BCUT2D eigenvalue weighted by atomic mass is 32.2. The van der Waals surface area contributed by atoms with Crippen LogP contribution in [0.25, 0.3) is 0 Å². The van der Waals surface area contributed by atoms with Crippen molar-refractivity contribution >= 4 is 27.7 Å². The van der Waals surface area contributed by atoms with E-state index in [0.717, 1.165) is 6.42 Å². The Bertz CT molecular complexity index is 666. The van der Waals surface area contributed by atoms with E-state index in [0.29, 0.717) is 6.42 Å². The number of hydrogen-bond acceptors (Lipinski definition) is 5. The average molecular weight is 341 g/mol. The van der Waals surface area contributed by atoms with E-state index in [1.54, 1.807) is 12.2 Å². The Morgan fingerprint density at radius 3 is 2.74 bits per heavy atom. The lowest BCUT2D eigenvalue weighted by Crippen LogP contribution is -2.52. The summed E-state index contributed by atoms with van der Waals surface area (Å²) in [7, 11) is -3.61. The van der Waals surface area contributed by atoms with Gasteiger partial charge in [-0.15, -0.1) is 0 Å². The van der Waals surface area contributed by atoms with Gasteiger partial charge in [0.2, 0.25) is 27.7 Å². The van der Waals surface area contributed by atoms with E-state index in [-0.39, 0.29) is 36.6 Å². The first-order valence-electron chi connectivity index (χ1n) is 7.38. The van der Waals surface area contributed by atoms with Crippen molar-refractivity contribution in [1.82, 2.24) is 15.4 Å². The largest absolute Gasteiger partial charge is 0.344 e. The van der Waals surface area contributed by atoms with Crippen LogP contribution in [0.2, 0.25) is 0 Å². The molecule has 3 N–H and O–H groups in total. The summed E-state index contributed by atoms with van der Waals surface area (Å²) in [5.74, 6) is -1.34. The van der Waals surface area contributed by atoms with Gasteiger partial charge in [-0.3, -0.25) is 19.7 Å². The van der Waals surface area contributed by atoms with Crippen molar-refractivity contribution < 1.29 is 22.8 Å². The van der Waals surface area contributed by atoms with Gasteiger partial charge in [0.1, 0.15) is 6.04 Å². The molecule has 9 heteroatoms. The van der Waals surface area contributed by atoms with Gasteiger partial charge in [0, 0.05) is 19.4 Å². The van der Waals surface area contributed by atoms with Crippen molar-refractivity contribution in [3.8, 4) is 0 Å². The molecule has 1 heterocycles. The lowest BCUT2D eigenvalue weighted by molar-refractivity contribution is -0.137. The third-order valence-electron chi connectivity index (χ3n) is 3.49. The maximum absolute atomic E-state index is 12.0. The van der Waals surface area contributed by atoms with Gasteiger partial charge in [0.15, 0.2) is 0 Å². The zero-order chi connectivity index (χ0) is 16.9. The molecule has 0 aromatic rings. The van der Waals surface area contributed by atoms with E-state index in [1.807, 2.05) is 0 Å². The van der Waals surface area contributed by atoms with Gasteiger partial charge in [-0.2, -0.15) is 0 Å². The summed E-state index contributed by atoms with van der Waals surface area (Å²) in [6.07, 6.45) is 6.76. The van der Waals surface area contributed by atoms with Gasteiger partial charge in [-0.05, 0) is 25.3 Å². The molecule has 0 saturated carbocycles. The SMILES string of the molecule is O=C1CCC(NC(=O)CCNS(=O)(=O)C2=CCCC=C2)C(=O)N1. The number of imide groups is 1. The molecule has 126 valence electrons. The first kappa shape index (κ1) is 17.4. The van der Waals surface area contributed by atoms with Gasteiger partial charge in [0.25, 0.3) is 0 Å². The smallest absolute Gasteiger partial charge is 0.249 e. The number of nitrogens with one attached hydrogen (secondary N) is 3. The number of sulfonamides is 1. The van der Waals surface area contributed by atoms with E-state index < -0.39 is 27.9 Å². The van der Waals surface area contributed by atoms with Crippen molar-refractivity contribution in [1.29, 1.82) is 0 Å². The Hall–Kier alpha value is -2.00. The number of carbonyl (C=O) groups excluding carboxylic acids is 3.